The van der Waals surface area contributed by atoms with Crippen LogP contribution in [0.1, 0.15) is 37.5 Å². The lowest BCUT2D eigenvalue weighted by molar-refractivity contribution is -0.139. The van der Waals surface area contributed by atoms with E-state index in [0.29, 0.717) is 21.3 Å². The second-order valence-electron chi connectivity index (χ2n) is 8.60. The predicted molar refractivity (Wildman–Crippen MR) is 138 cm³/mol. The Morgan fingerprint density at radius 1 is 1.00 bits per heavy atom. The molecule has 0 aromatic heterocycles. The van der Waals surface area contributed by atoms with E-state index >= 15 is 0 Å². The zero-order valence-corrected chi connectivity index (χ0v) is 22.6. The molecular weight excluding hydrogens is 497 g/mol. The molecule has 10 heteroatoms. The molecule has 0 aliphatic rings. The normalized spacial score (nSPS) is 12.4. The number of halogens is 2. The summed E-state index contributed by atoms with van der Waals surface area (Å²) >= 11 is 12.6. The van der Waals surface area contributed by atoms with E-state index in [2.05, 4.69) is 5.32 Å². The molecule has 2 aromatic rings. The van der Waals surface area contributed by atoms with Gasteiger partial charge in [0, 0.05) is 28.2 Å². The van der Waals surface area contributed by atoms with Gasteiger partial charge in [-0.2, -0.15) is 0 Å². The number of nitrogens with zero attached hydrogens (tertiary/aromatic N) is 2. The van der Waals surface area contributed by atoms with Gasteiger partial charge < -0.3 is 10.2 Å². The van der Waals surface area contributed by atoms with Crippen LogP contribution in [0.5, 0.6) is 0 Å². The summed E-state index contributed by atoms with van der Waals surface area (Å²) in [5.41, 5.74) is 2.73. The van der Waals surface area contributed by atoms with E-state index in [4.69, 9.17) is 23.2 Å². The number of carbonyl (C=O) groups excluding carboxylic acids is 2. The van der Waals surface area contributed by atoms with Crippen LogP contribution in [0, 0.1) is 13.8 Å². The summed E-state index contributed by atoms with van der Waals surface area (Å²) in [4.78, 5) is 27.6. The number of hydrogen-bond donors (Lipinski definition) is 1. The Hall–Kier alpha value is -2.29. The van der Waals surface area contributed by atoms with Crippen molar-refractivity contribution >= 4 is 50.7 Å². The number of nitrogens with one attached hydrogen (secondary N) is 1. The molecule has 1 N–H and O–H groups in total. The average molecular weight is 529 g/mol. The SMILES string of the molecule is Cc1ccc(N(CC(=O)N(Cc2c(Cl)cccc2Cl)[C@H](C)C(=O)NC(C)C)S(C)(=O)=O)cc1C. The van der Waals surface area contributed by atoms with Crippen molar-refractivity contribution in [3.8, 4) is 0 Å². The summed E-state index contributed by atoms with van der Waals surface area (Å²) in [6, 6.07) is 9.09. The highest BCUT2D eigenvalue weighted by atomic mass is 35.5. The lowest BCUT2D eigenvalue weighted by Gasteiger charge is -2.32. The Morgan fingerprint density at radius 2 is 1.59 bits per heavy atom. The molecule has 0 bridgehead atoms. The molecule has 0 fully saturated rings. The van der Waals surface area contributed by atoms with Gasteiger partial charge >= 0.3 is 0 Å². The number of aryl methyl sites for hydroxylation is 2. The second-order valence-corrected chi connectivity index (χ2v) is 11.3. The molecule has 2 rings (SSSR count). The fourth-order valence-corrected chi connectivity index (χ4v) is 4.69. The Morgan fingerprint density at radius 3 is 2.09 bits per heavy atom. The number of hydrogen-bond acceptors (Lipinski definition) is 4. The first-order chi connectivity index (χ1) is 15.7. The topological polar surface area (TPSA) is 86.8 Å². The number of carbonyl (C=O) groups is 2. The van der Waals surface area contributed by atoms with Crippen molar-refractivity contribution in [3.05, 3.63) is 63.1 Å². The van der Waals surface area contributed by atoms with Crippen LogP contribution in [0.4, 0.5) is 5.69 Å². The lowest BCUT2D eigenvalue weighted by atomic mass is 10.1. The highest BCUT2D eigenvalue weighted by Crippen LogP contribution is 2.27. The molecule has 0 heterocycles. The van der Waals surface area contributed by atoms with E-state index in [-0.39, 0.29) is 18.5 Å². The molecule has 0 saturated heterocycles. The Labute approximate surface area is 212 Å². The van der Waals surface area contributed by atoms with Crippen molar-refractivity contribution < 1.29 is 18.0 Å². The fraction of sp³-hybridized carbons (Fsp3) is 0.417. The molecule has 186 valence electrons. The fourth-order valence-electron chi connectivity index (χ4n) is 3.34. The maximum atomic E-state index is 13.5. The third-order valence-electron chi connectivity index (χ3n) is 5.45. The van der Waals surface area contributed by atoms with E-state index in [0.717, 1.165) is 21.7 Å². The van der Waals surface area contributed by atoms with E-state index in [1.165, 1.54) is 4.90 Å². The molecule has 0 saturated carbocycles. The van der Waals surface area contributed by atoms with Crippen LogP contribution in [0.3, 0.4) is 0 Å². The van der Waals surface area contributed by atoms with Gasteiger partial charge in [-0.15, -0.1) is 0 Å². The second kappa shape index (κ2) is 11.4. The molecule has 0 aliphatic heterocycles. The van der Waals surface area contributed by atoms with Crippen molar-refractivity contribution in [2.45, 2.75) is 53.2 Å². The van der Waals surface area contributed by atoms with Gasteiger partial charge in [-0.25, -0.2) is 8.42 Å². The number of rotatable bonds is 9. The molecule has 2 aromatic carbocycles. The van der Waals surface area contributed by atoms with Crippen molar-refractivity contribution in [1.29, 1.82) is 0 Å². The van der Waals surface area contributed by atoms with E-state index in [1.807, 2.05) is 27.7 Å². The monoisotopic (exact) mass is 527 g/mol. The van der Waals surface area contributed by atoms with E-state index < -0.39 is 28.5 Å². The van der Waals surface area contributed by atoms with Gasteiger partial charge in [-0.3, -0.25) is 13.9 Å². The van der Waals surface area contributed by atoms with Crippen LogP contribution in [0.2, 0.25) is 10.0 Å². The molecule has 0 spiro atoms. The van der Waals surface area contributed by atoms with E-state index in [9.17, 15) is 18.0 Å². The summed E-state index contributed by atoms with van der Waals surface area (Å²) < 4.78 is 26.3. The maximum absolute atomic E-state index is 13.5. The van der Waals surface area contributed by atoms with Crippen LogP contribution in [0.15, 0.2) is 36.4 Å². The van der Waals surface area contributed by atoms with Gasteiger partial charge in [0.05, 0.1) is 11.9 Å². The summed E-state index contributed by atoms with van der Waals surface area (Å²) in [7, 11) is -3.80. The first kappa shape index (κ1) is 28.0. The standard InChI is InChI=1S/C24H31Cl2N3O4S/c1-15(2)27-24(31)18(5)28(13-20-21(25)8-7-9-22(20)26)23(30)14-29(34(6,32)33)19-11-10-16(3)17(4)12-19/h7-12,15,18H,13-14H2,1-6H3,(H,27,31)/t18-/m1/s1. The highest BCUT2D eigenvalue weighted by Gasteiger charge is 2.31. The van der Waals surface area contributed by atoms with Crippen LogP contribution in [-0.2, 0) is 26.2 Å². The maximum Gasteiger partial charge on any atom is 0.244 e. The van der Waals surface area contributed by atoms with Crippen molar-refractivity contribution in [3.63, 3.8) is 0 Å². The molecule has 1 atom stereocenters. The third-order valence-corrected chi connectivity index (χ3v) is 7.29. The van der Waals surface area contributed by atoms with Gasteiger partial charge in [0.25, 0.3) is 0 Å². The number of sulfonamides is 1. The van der Waals surface area contributed by atoms with Gasteiger partial charge in [0.15, 0.2) is 0 Å². The van der Waals surface area contributed by atoms with Crippen LogP contribution in [-0.4, -0.2) is 50.0 Å². The summed E-state index contributed by atoms with van der Waals surface area (Å²) in [6.07, 6.45) is 1.04. The van der Waals surface area contributed by atoms with Crippen LogP contribution >= 0.6 is 23.2 Å². The largest absolute Gasteiger partial charge is 0.352 e. The summed E-state index contributed by atoms with van der Waals surface area (Å²) in [5, 5.41) is 3.48. The minimum absolute atomic E-state index is 0.0610. The lowest BCUT2D eigenvalue weighted by Crippen LogP contribution is -2.52. The smallest absolute Gasteiger partial charge is 0.244 e. The Balaban J connectivity index is 2.47. The van der Waals surface area contributed by atoms with Gasteiger partial charge in [-0.05, 0) is 70.0 Å². The van der Waals surface area contributed by atoms with Gasteiger partial charge in [0.2, 0.25) is 21.8 Å². The predicted octanol–water partition coefficient (Wildman–Crippen LogP) is 4.32. The van der Waals surface area contributed by atoms with Crippen molar-refractivity contribution in [2.75, 3.05) is 17.1 Å². The van der Waals surface area contributed by atoms with Crippen molar-refractivity contribution in [1.82, 2.24) is 10.2 Å². The number of benzene rings is 2. The quantitative estimate of drug-likeness (QED) is 0.526. The van der Waals surface area contributed by atoms with Crippen LogP contribution < -0.4 is 9.62 Å². The molecule has 0 unspecified atom stereocenters. The average Bonchev–Trinajstić information content (AvgIpc) is 2.72. The van der Waals surface area contributed by atoms with Crippen LogP contribution in [0.25, 0.3) is 0 Å². The number of amides is 2. The summed E-state index contributed by atoms with van der Waals surface area (Å²) in [6.45, 7) is 8.45. The highest BCUT2D eigenvalue weighted by molar-refractivity contribution is 7.92. The number of anilines is 1. The third kappa shape index (κ3) is 7.10. The zero-order chi connectivity index (χ0) is 25.8. The first-order valence-corrected chi connectivity index (χ1v) is 13.4. The Kier molecular flexibility index (Phi) is 9.39. The van der Waals surface area contributed by atoms with Gasteiger partial charge in [0.1, 0.15) is 12.6 Å². The molecular formula is C24H31Cl2N3O4S. The molecule has 2 amide bonds. The molecule has 0 radical (unpaired) electrons. The minimum Gasteiger partial charge on any atom is -0.352 e. The van der Waals surface area contributed by atoms with E-state index in [1.54, 1.807) is 43.3 Å². The first-order valence-electron chi connectivity index (χ1n) is 10.8. The molecule has 34 heavy (non-hydrogen) atoms. The van der Waals surface area contributed by atoms with Crippen molar-refractivity contribution in [2.24, 2.45) is 0 Å². The molecule has 7 nitrogen and oxygen atoms in total. The van der Waals surface area contributed by atoms with Gasteiger partial charge in [-0.1, -0.05) is 35.3 Å². The zero-order valence-electron chi connectivity index (χ0n) is 20.2. The minimum atomic E-state index is -3.80. The Bertz CT molecular complexity index is 1150. The molecule has 0 aliphatic carbocycles. The summed E-state index contributed by atoms with van der Waals surface area (Å²) in [5.74, 6) is -0.936.